The molecule has 1 unspecified atom stereocenters. The standard InChI is InChI=1S/C15H12BrCl3/c16-14-4-2-1-3-13(14)11(9-17)7-10-8-12(18)5-6-15(10)19/h1-6,8,11H,7,9H2. The van der Waals surface area contributed by atoms with Gasteiger partial charge in [-0.15, -0.1) is 11.6 Å². The van der Waals surface area contributed by atoms with E-state index in [2.05, 4.69) is 22.0 Å². The van der Waals surface area contributed by atoms with Crippen LogP contribution in [0.15, 0.2) is 46.9 Å². The van der Waals surface area contributed by atoms with Crippen LogP contribution in [-0.2, 0) is 6.42 Å². The molecule has 0 aliphatic carbocycles. The highest BCUT2D eigenvalue weighted by molar-refractivity contribution is 9.10. The minimum absolute atomic E-state index is 0.202. The van der Waals surface area contributed by atoms with Gasteiger partial charge in [0.25, 0.3) is 0 Å². The third-order valence-electron chi connectivity index (χ3n) is 3.01. The van der Waals surface area contributed by atoms with Gasteiger partial charge >= 0.3 is 0 Å². The number of hydrogen-bond donors (Lipinski definition) is 0. The van der Waals surface area contributed by atoms with Crippen LogP contribution in [0, 0.1) is 0 Å². The van der Waals surface area contributed by atoms with Crippen molar-refractivity contribution in [2.75, 3.05) is 5.88 Å². The molecule has 2 aromatic carbocycles. The number of rotatable bonds is 4. The summed E-state index contributed by atoms with van der Waals surface area (Å²) in [5.41, 5.74) is 2.21. The molecule has 0 fully saturated rings. The van der Waals surface area contributed by atoms with Crippen molar-refractivity contribution in [2.45, 2.75) is 12.3 Å². The highest BCUT2D eigenvalue weighted by atomic mass is 79.9. The van der Waals surface area contributed by atoms with Crippen molar-refractivity contribution in [1.82, 2.24) is 0 Å². The normalized spacial score (nSPS) is 12.4. The van der Waals surface area contributed by atoms with Gasteiger partial charge in [-0.1, -0.05) is 57.3 Å². The minimum atomic E-state index is 0.202. The van der Waals surface area contributed by atoms with Crippen molar-refractivity contribution in [2.24, 2.45) is 0 Å². The molecule has 0 saturated carbocycles. The average Bonchev–Trinajstić information content (AvgIpc) is 2.41. The van der Waals surface area contributed by atoms with E-state index in [1.54, 1.807) is 6.07 Å². The summed E-state index contributed by atoms with van der Waals surface area (Å²) in [6.45, 7) is 0. The van der Waals surface area contributed by atoms with Crippen LogP contribution in [0.4, 0.5) is 0 Å². The minimum Gasteiger partial charge on any atom is -0.126 e. The highest BCUT2D eigenvalue weighted by Gasteiger charge is 2.15. The fourth-order valence-corrected chi connectivity index (χ4v) is 3.29. The fourth-order valence-electron chi connectivity index (χ4n) is 2.02. The summed E-state index contributed by atoms with van der Waals surface area (Å²) >= 11 is 21.9. The molecule has 0 spiro atoms. The number of alkyl halides is 1. The zero-order valence-corrected chi connectivity index (χ0v) is 13.9. The number of benzene rings is 2. The third kappa shape index (κ3) is 3.88. The molecule has 0 heterocycles. The second-order valence-corrected chi connectivity index (χ2v) is 6.32. The lowest BCUT2D eigenvalue weighted by Crippen LogP contribution is -2.06. The summed E-state index contributed by atoms with van der Waals surface area (Å²) in [6.07, 6.45) is 0.769. The monoisotopic (exact) mass is 376 g/mol. The highest BCUT2D eigenvalue weighted by Crippen LogP contribution is 2.31. The summed E-state index contributed by atoms with van der Waals surface area (Å²) in [6, 6.07) is 13.6. The van der Waals surface area contributed by atoms with Gasteiger partial charge in [-0.05, 0) is 41.8 Å². The molecule has 100 valence electrons. The smallest absolute Gasteiger partial charge is 0.0439 e. The van der Waals surface area contributed by atoms with Crippen LogP contribution in [0.2, 0.25) is 10.0 Å². The van der Waals surface area contributed by atoms with Crippen molar-refractivity contribution >= 4 is 50.7 Å². The molecule has 0 aromatic heterocycles. The Hall–Kier alpha value is -0.210. The van der Waals surface area contributed by atoms with E-state index >= 15 is 0 Å². The maximum absolute atomic E-state index is 6.21. The Morgan fingerprint density at radius 3 is 2.47 bits per heavy atom. The van der Waals surface area contributed by atoms with Crippen molar-refractivity contribution < 1.29 is 0 Å². The number of halogens is 4. The van der Waals surface area contributed by atoms with Crippen LogP contribution < -0.4 is 0 Å². The van der Waals surface area contributed by atoms with Crippen LogP contribution >= 0.6 is 50.7 Å². The van der Waals surface area contributed by atoms with Crippen molar-refractivity contribution in [3.05, 3.63) is 68.1 Å². The molecule has 0 N–H and O–H groups in total. The van der Waals surface area contributed by atoms with Gasteiger partial charge in [-0.3, -0.25) is 0 Å². The quantitative estimate of drug-likeness (QED) is 0.546. The van der Waals surface area contributed by atoms with Gasteiger partial charge in [0.1, 0.15) is 0 Å². The van der Waals surface area contributed by atoms with Gasteiger partial charge in [0.2, 0.25) is 0 Å². The molecule has 0 amide bonds. The van der Waals surface area contributed by atoms with E-state index in [4.69, 9.17) is 34.8 Å². The maximum Gasteiger partial charge on any atom is 0.0439 e. The molecule has 2 aromatic rings. The van der Waals surface area contributed by atoms with E-state index < -0.39 is 0 Å². The zero-order valence-electron chi connectivity index (χ0n) is 10.0. The van der Waals surface area contributed by atoms with Gasteiger partial charge in [-0.2, -0.15) is 0 Å². The predicted octanol–water partition coefficient (Wildman–Crippen LogP) is 6.32. The average molecular weight is 379 g/mol. The Kier molecular flexibility index (Phi) is 5.58. The second-order valence-electron chi connectivity index (χ2n) is 4.31. The molecule has 0 nitrogen and oxygen atoms in total. The van der Waals surface area contributed by atoms with Crippen molar-refractivity contribution in [3.8, 4) is 0 Å². The van der Waals surface area contributed by atoms with Gasteiger partial charge in [-0.25, -0.2) is 0 Å². The fraction of sp³-hybridized carbons (Fsp3) is 0.200. The van der Waals surface area contributed by atoms with E-state index in [1.165, 1.54) is 5.56 Å². The van der Waals surface area contributed by atoms with Crippen LogP contribution in [0.3, 0.4) is 0 Å². The first kappa shape index (κ1) is 15.2. The first-order chi connectivity index (χ1) is 9.11. The van der Waals surface area contributed by atoms with Crippen LogP contribution in [0.5, 0.6) is 0 Å². The van der Waals surface area contributed by atoms with Gasteiger partial charge in [0.15, 0.2) is 0 Å². The summed E-state index contributed by atoms with van der Waals surface area (Å²) in [4.78, 5) is 0. The van der Waals surface area contributed by atoms with Crippen LogP contribution in [0.25, 0.3) is 0 Å². The molecule has 0 saturated heterocycles. The van der Waals surface area contributed by atoms with Gasteiger partial charge < -0.3 is 0 Å². The van der Waals surface area contributed by atoms with E-state index in [-0.39, 0.29) is 5.92 Å². The molecule has 0 aliphatic rings. The Labute approximate surface area is 136 Å². The van der Waals surface area contributed by atoms with Crippen molar-refractivity contribution in [1.29, 1.82) is 0 Å². The second kappa shape index (κ2) is 6.99. The SMILES string of the molecule is ClCC(Cc1cc(Cl)ccc1Cl)c1ccccc1Br. The molecule has 19 heavy (non-hydrogen) atoms. The first-order valence-corrected chi connectivity index (χ1v) is 7.94. The largest absolute Gasteiger partial charge is 0.126 e. The van der Waals surface area contributed by atoms with Gasteiger partial charge in [0.05, 0.1) is 0 Å². The summed E-state index contributed by atoms with van der Waals surface area (Å²) in [5, 5.41) is 1.42. The summed E-state index contributed by atoms with van der Waals surface area (Å²) in [5.74, 6) is 0.735. The van der Waals surface area contributed by atoms with Gasteiger partial charge in [0, 0.05) is 26.3 Å². The maximum atomic E-state index is 6.21. The lowest BCUT2D eigenvalue weighted by molar-refractivity contribution is 0.762. The zero-order chi connectivity index (χ0) is 13.8. The van der Waals surface area contributed by atoms with E-state index in [1.807, 2.05) is 30.3 Å². The predicted molar refractivity (Wildman–Crippen MR) is 87.8 cm³/mol. The van der Waals surface area contributed by atoms with E-state index in [0.29, 0.717) is 10.9 Å². The van der Waals surface area contributed by atoms with Crippen LogP contribution in [0.1, 0.15) is 17.0 Å². The molecular formula is C15H12BrCl3. The molecule has 4 heteroatoms. The molecule has 0 aliphatic heterocycles. The Morgan fingerprint density at radius 2 is 1.79 bits per heavy atom. The summed E-state index contributed by atoms with van der Waals surface area (Å²) in [7, 11) is 0. The molecule has 0 bridgehead atoms. The van der Waals surface area contributed by atoms with E-state index in [9.17, 15) is 0 Å². The first-order valence-electron chi connectivity index (χ1n) is 5.86. The van der Waals surface area contributed by atoms with Crippen molar-refractivity contribution in [3.63, 3.8) is 0 Å². The number of hydrogen-bond acceptors (Lipinski definition) is 0. The molecule has 0 radical (unpaired) electrons. The lowest BCUT2D eigenvalue weighted by atomic mass is 9.93. The Bertz CT molecular complexity index is 569. The topological polar surface area (TPSA) is 0 Å². The molecule has 1 atom stereocenters. The third-order valence-corrected chi connectivity index (χ3v) is 4.70. The lowest BCUT2D eigenvalue weighted by Gasteiger charge is -2.17. The molecular weight excluding hydrogens is 366 g/mol. The Balaban J connectivity index is 2.29. The Morgan fingerprint density at radius 1 is 1.05 bits per heavy atom. The molecule has 2 rings (SSSR count). The summed E-state index contributed by atoms with van der Waals surface area (Å²) < 4.78 is 1.07. The van der Waals surface area contributed by atoms with E-state index in [0.717, 1.165) is 21.5 Å². The van der Waals surface area contributed by atoms with Crippen LogP contribution in [-0.4, -0.2) is 5.88 Å².